The highest BCUT2D eigenvalue weighted by molar-refractivity contribution is 9.10. The molecule has 3 heterocycles. The standard InChI is InChI=1S/C13H17BrN2O2S/c14-11-2-1-3-12(8-11)19(17,18)15-13-9-16-6-4-10(13)5-7-16/h1-3,8,10,13,15H,4-7,9H2. The largest absolute Gasteiger partial charge is 0.302 e. The Labute approximate surface area is 122 Å². The molecule has 1 atom stereocenters. The molecule has 0 aromatic heterocycles. The summed E-state index contributed by atoms with van der Waals surface area (Å²) in [6.07, 6.45) is 2.21. The molecule has 2 bridgehead atoms. The van der Waals surface area contributed by atoms with Crippen LogP contribution in [-0.4, -0.2) is 39.0 Å². The van der Waals surface area contributed by atoms with Gasteiger partial charge >= 0.3 is 0 Å². The van der Waals surface area contributed by atoms with Crippen molar-refractivity contribution < 1.29 is 8.42 Å². The average Bonchev–Trinajstić information content (AvgIpc) is 2.39. The lowest BCUT2D eigenvalue weighted by Gasteiger charge is -2.44. The van der Waals surface area contributed by atoms with Crippen LogP contribution in [0.1, 0.15) is 12.8 Å². The van der Waals surface area contributed by atoms with E-state index in [2.05, 4.69) is 25.6 Å². The van der Waals surface area contributed by atoms with E-state index in [1.165, 1.54) is 0 Å². The van der Waals surface area contributed by atoms with E-state index in [4.69, 9.17) is 0 Å². The second-order valence-corrected chi connectivity index (χ2v) is 7.95. The molecule has 0 aliphatic carbocycles. The number of nitrogens with zero attached hydrogens (tertiary/aromatic N) is 1. The molecular weight excluding hydrogens is 328 g/mol. The summed E-state index contributed by atoms with van der Waals surface area (Å²) in [4.78, 5) is 2.67. The fraction of sp³-hybridized carbons (Fsp3) is 0.538. The zero-order valence-electron chi connectivity index (χ0n) is 10.5. The zero-order chi connectivity index (χ0) is 13.5. The van der Waals surface area contributed by atoms with Crippen LogP contribution in [-0.2, 0) is 10.0 Å². The predicted molar refractivity (Wildman–Crippen MR) is 77.4 cm³/mol. The Morgan fingerprint density at radius 2 is 2.00 bits per heavy atom. The van der Waals surface area contributed by atoms with Gasteiger partial charge in [-0.25, -0.2) is 13.1 Å². The summed E-state index contributed by atoms with van der Waals surface area (Å²) in [6, 6.07) is 6.91. The number of halogens is 1. The van der Waals surface area contributed by atoms with E-state index >= 15 is 0 Å². The third-order valence-corrected chi connectivity index (χ3v) is 6.05. The van der Waals surface area contributed by atoms with Gasteiger partial charge in [0.15, 0.2) is 0 Å². The van der Waals surface area contributed by atoms with Crippen molar-refractivity contribution in [2.24, 2.45) is 5.92 Å². The Bertz CT molecular complexity index is 568. The van der Waals surface area contributed by atoms with Gasteiger partial charge in [0.1, 0.15) is 0 Å². The lowest BCUT2D eigenvalue weighted by atomic mass is 9.85. The molecule has 0 saturated carbocycles. The molecule has 4 nitrogen and oxygen atoms in total. The fourth-order valence-corrected chi connectivity index (χ4v) is 4.89. The first-order valence-electron chi connectivity index (χ1n) is 6.55. The molecule has 3 saturated heterocycles. The molecule has 1 aromatic carbocycles. The molecule has 4 rings (SSSR count). The van der Waals surface area contributed by atoms with E-state index in [9.17, 15) is 8.42 Å². The Kier molecular flexibility index (Phi) is 3.68. The number of piperidine rings is 3. The topological polar surface area (TPSA) is 49.4 Å². The maximum atomic E-state index is 12.4. The van der Waals surface area contributed by atoms with Crippen LogP contribution in [0.4, 0.5) is 0 Å². The van der Waals surface area contributed by atoms with Crippen molar-refractivity contribution in [3.05, 3.63) is 28.7 Å². The minimum atomic E-state index is -3.41. The van der Waals surface area contributed by atoms with E-state index in [-0.39, 0.29) is 6.04 Å². The van der Waals surface area contributed by atoms with Gasteiger partial charge < -0.3 is 4.90 Å². The Hall–Kier alpha value is -0.430. The highest BCUT2D eigenvalue weighted by atomic mass is 79.9. The van der Waals surface area contributed by atoms with Crippen LogP contribution < -0.4 is 4.72 Å². The molecule has 0 amide bonds. The summed E-state index contributed by atoms with van der Waals surface area (Å²) in [5.74, 6) is 0.493. The minimum Gasteiger partial charge on any atom is -0.302 e. The van der Waals surface area contributed by atoms with Crippen molar-refractivity contribution in [1.29, 1.82) is 0 Å². The molecule has 1 unspecified atom stereocenters. The lowest BCUT2D eigenvalue weighted by Crippen LogP contribution is -2.57. The summed E-state index contributed by atoms with van der Waals surface area (Å²) in [5.41, 5.74) is 0. The third kappa shape index (κ3) is 2.86. The van der Waals surface area contributed by atoms with Crippen LogP contribution in [0.2, 0.25) is 0 Å². The number of rotatable bonds is 3. The van der Waals surface area contributed by atoms with Crippen LogP contribution in [0.5, 0.6) is 0 Å². The average molecular weight is 345 g/mol. The van der Waals surface area contributed by atoms with Gasteiger partial charge in [-0.1, -0.05) is 22.0 Å². The molecule has 19 heavy (non-hydrogen) atoms. The third-order valence-electron chi connectivity index (χ3n) is 4.07. The van der Waals surface area contributed by atoms with E-state index < -0.39 is 10.0 Å². The van der Waals surface area contributed by atoms with Crippen LogP contribution in [0.3, 0.4) is 0 Å². The second-order valence-electron chi connectivity index (χ2n) is 5.32. The number of nitrogens with one attached hydrogen (secondary N) is 1. The molecule has 104 valence electrons. The maximum absolute atomic E-state index is 12.4. The predicted octanol–water partition coefficient (Wildman–Crippen LogP) is 1.82. The first kappa shape index (κ1) is 13.5. The van der Waals surface area contributed by atoms with Gasteiger partial charge in [0.05, 0.1) is 4.90 Å². The molecule has 3 aliphatic heterocycles. The Morgan fingerprint density at radius 1 is 1.26 bits per heavy atom. The van der Waals surface area contributed by atoms with Crippen molar-refractivity contribution in [1.82, 2.24) is 9.62 Å². The van der Waals surface area contributed by atoms with Crippen molar-refractivity contribution in [2.45, 2.75) is 23.8 Å². The van der Waals surface area contributed by atoms with Gasteiger partial charge in [-0.2, -0.15) is 0 Å². The molecule has 1 aromatic rings. The minimum absolute atomic E-state index is 0.0616. The van der Waals surface area contributed by atoms with Gasteiger partial charge in [0.2, 0.25) is 10.0 Å². The van der Waals surface area contributed by atoms with Gasteiger partial charge in [-0.15, -0.1) is 0 Å². The number of sulfonamides is 1. The number of benzene rings is 1. The van der Waals surface area contributed by atoms with Gasteiger partial charge in [-0.3, -0.25) is 0 Å². The smallest absolute Gasteiger partial charge is 0.240 e. The number of hydrogen-bond donors (Lipinski definition) is 1. The van der Waals surface area contributed by atoms with Crippen molar-refractivity contribution in [2.75, 3.05) is 19.6 Å². The van der Waals surface area contributed by atoms with Crippen LogP contribution >= 0.6 is 15.9 Å². The molecule has 0 radical (unpaired) electrons. The van der Waals surface area contributed by atoms with Crippen LogP contribution in [0, 0.1) is 5.92 Å². The summed E-state index contributed by atoms with van der Waals surface area (Å²) in [6.45, 7) is 3.07. The van der Waals surface area contributed by atoms with Gasteiger partial charge in [0, 0.05) is 17.1 Å². The van der Waals surface area contributed by atoms with Gasteiger partial charge in [0.25, 0.3) is 0 Å². The lowest BCUT2D eigenvalue weighted by molar-refractivity contribution is 0.0827. The monoisotopic (exact) mass is 344 g/mol. The molecule has 6 heteroatoms. The zero-order valence-corrected chi connectivity index (χ0v) is 13.0. The van der Waals surface area contributed by atoms with Crippen LogP contribution in [0.15, 0.2) is 33.6 Å². The molecule has 0 spiro atoms. The van der Waals surface area contributed by atoms with E-state index in [1.807, 2.05) is 6.07 Å². The number of fused-ring (bicyclic) bond motifs is 3. The first-order valence-corrected chi connectivity index (χ1v) is 8.82. The fourth-order valence-electron chi connectivity index (χ4n) is 3.00. The normalized spacial score (nSPS) is 30.5. The Morgan fingerprint density at radius 3 is 2.58 bits per heavy atom. The quantitative estimate of drug-likeness (QED) is 0.909. The van der Waals surface area contributed by atoms with Gasteiger partial charge in [-0.05, 0) is 50.0 Å². The van der Waals surface area contributed by atoms with Crippen molar-refractivity contribution >= 4 is 26.0 Å². The summed E-state index contributed by atoms with van der Waals surface area (Å²) >= 11 is 3.31. The van der Waals surface area contributed by atoms with E-state index in [0.29, 0.717) is 10.8 Å². The SMILES string of the molecule is O=S(=O)(NC1CN2CCC1CC2)c1cccc(Br)c1. The highest BCUT2D eigenvalue weighted by Gasteiger charge is 2.36. The molecule has 3 fully saturated rings. The highest BCUT2D eigenvalue weighted by Crippen LogP contribution is 2.28. The van der Waals surface area contributed by atoms with Crippen LogP contribution in [0.25, 0.3) is 0 Å². The van der Waals surface area contributed by atoms with E-state index in [0.717, 1.165) is 36.9 Å². The molecular formula is C13H17BrN2O2S. The molecule has 1 N–H and O–H groups in total. The summed E-state index contributed by atoms with van der Waals surface area (Å²) in [7, 11) is -3.41. The summed E-state index contributed by atoms with van der Waals surface area (Å²) in [5, 5.41) is 0. The Balaban J connectivity index is 1.79. The maximum Gasteiger partial charge on any atom is 0.240 e. The van der Waals surface area contributed by atoms with Crippen molar-refractivity contribution in [3.8, 4) is 0 Å². The van der Waals surface area contributed by atoms with E-state index in [1.54, 1.807) is 18.2 Å². The summed E-state index contributed by atoms with van der Waals surface area (Å²) < 4.78 is 28.4. The first-order chi connectivity index (χ1) is 9.04. The van der Waals surface area contributed by atoms with Crippen molar-refractivity contribution in [3.63, 3.8) is 0 Å². The second kappa shape index (κ2) is 5.16. The number of hydrogen-bond acceptors (Lipinski definition) is 3. The molecule has 3 aliphatic rings.